The van der Waals surface area contributed by atoms with E-state index in [0.29, 0.717) is 11.1 Å². The predicted octanol–water partition coefficient (Wildman–Crippen LogP) is 2.59. The smallest absolute Gasteiger partial charge is 0.338 e. The van der Waals surface area contributed by atoms with Gasteiger partial charge in [-0.3, -0.25) is 0 Å². The van der Waals surface area contributed by atoms with Crippen molar-refractivity contribution in [3.8, 4) is 0 Å². The van der Waals surface area contributed by atoms with Gasteiger partial charge in [0.1, 0.15) is 0 Å². The highest BCUT2D eigenvalue weighted by atomic mass is 16.5. The second-order valence-electron chi connectivity index (χ2n) is 3.01. The summed E-state index contributed by atoms with van der Waals surface area (Å²) in [7, 11) is 2.59. The van der Waals surface area contributed by atoms with Crippen LogP contribution in [-0.4, -0.2) is 26.2 Å². The Bertz CT molecular complexity index is 396. The summed E-state index contributed by atoms with van der Waals surface area (Å²) in [5, 5.41) is 0. The number of hydrogen-bond acceptors (Lipinski definition) is 4. The maximum atomic E-state index is 11.3. The molecular formula is C13H18O4. The van der Waals surface area contributed by atoms with Gasteiger partial charge >= 0.3 is 11.9 Å². The number of aryl methyl sites for hydroxylation is 1. The molecule has 0 aliphatic heterocycles. The summed E-state index contributed by atoms with van der Waals surface area (Å²) in [4.78, 5) is 22.5. The SMILES string of the molecule is CC.COC(=O)c1ccc(C)c(C(=O)OC)c1. The van der Waals surface area contributed by atoms with Crippen LogP contribution in [0.15, 0.2) is 18.2 Å². The van der Waals surface area contributed by atoms with Gasteiger partial charge in [-0.15, -0.1) is 0 Å². The minimum absolute atomic E-state index is 0.337. The molecule has 0 atom stereocenters. The van der Waals surface area contributed by atoms with Crippen molar-refractivity contribution < 1.29 is 19.1 Å². The molecule has 0 fully saturated rings. The van der Waals surface area contributed by atoms with E-state index in [1.165, 1.54) is 20.3 Å². The van der Waals surface area contributed by atoms with Gasteiger partial charge in [0.25, 0.3) is 0 Å². The third-order valence-corrected chi connectivity index (χ3v) is 2.06. The van der Waals surface area contributed by atoms with Gasteiger partial charge in [-0.25, -0.2) is 9.59 Å². The molecule has 0 amide bonds. The molecule has 0 spiro atoms. The van der Waals surface area contributed by atoms with Crippen LogP contribution in [0.5, 0.6) is 0 Å². The number of carbonyl (C=O) groups excluding carboxylic acids is 2. The molecule has 0 saturated carbocycles. The average molecular weight is 238 g/mol. The highest BCUT2D eigenvalue weighted by molar-refractivity contribution is 5.96. The van der Waals surface area contributed by atoms with Crippen molar-refractivity contribution >= 4 is 11.9 Å². The molecule has 0 aromatic heterocycles. The zero-order valence-electron chi connectivity index (χ0n) is 10.9. The van der Waals surface area contributed by atoms with Crippen LogP contribution in [0.25, 0.3) is 0 Å². The lowest BCUT2D eigenvalue weighted by Gasteiger charge is -2.05. The molecule has 0 N–H and O–H groups in total. The Kier molecular flexibility index (Phi) is 6.63. The number of ether oxygens (including phenoxy) is 2. The van der Waals surface area contributed by atoms with Gasteiger partial charge < -0.3 is 9.47 Å². The van der Waals surface area contributed by atoms with Crippen LogP contribution >= 0.6 is 0 Å². The first kappa shape index (κ1) is 15.2. The van der Waals surface area contributed by atoms with Gasteiger partial charge in [0.2, 0.25) is 0 Å². The van der Waals surface area contributed by atoms with Crippen LogP contribution in [0.4, 0.5) is 0 Å². The molecule has 0 unspecified atom stereocenters. The van der Waals surface area contributed by atoms with Crippen LogP contribution in [0.3, 0.4) is 0 Å². The molecule has 4 heteroatoms. The number of rotatable bonds is 2. The van der Waals surface area contributed by atoms with Crippen LogP contribution < -0.4 is 0 Å². The summed E-state index contributed by atoms with van der Waals surface area (Å²) in [6.45, 7) is 5.77. The number of hydrogen-bond donors (Lipinski definition) is 0. The van der Waals surface area contributed by atoms with E-state index in [1.54, 1.807) is 19.1 Å². The first-order valence-corrected chi connectivity index (χ1v) is 5.37. The fourth-order valence-corrected chi connectivity index (χ4v) is 1.20. The predicted molar refractivity (Wildman–Crippen MR) is 65.2 cm³/mol. The zero-order valence-corrected chi connectivity index (χ0v) is 10.9. The number of esters is 2. The van der Waals surface area contributed by atoms with Crippen molar-refractivity contribution in [3.05, 3.63) is 34.9 Å². The molecule has 0 heterocycles. The normalized spacial score (nSPS) is 8.76. The number of methoxy groups -OCH3 is 2. The van der Waals surface area contributed by atoms with Crippen molar-refractivity contribution in [1.29, 1.82) is 0 Å². The van der Waals surface area contributed by atoms with E-state index in [4.69, 9.17) is 0 Å². The Morgan fingerprint density at radius 3 is 2.00 bits per heavy atom. The highest BCUT2D eigenvalue weighted by Gasteiger charge is 2.13. The Morgan fingerprint density at radius 1 is 1.00 bits per heavy atom. The van der Waals surface area contributed by atoms with Gasteiger partial charge in [0, 0.05) is 0 Å². The van der Waals surface area contributed by atoms with Crippen LogP contribution in [0.1, 0.15) is 40.1 Å². The molecule has 1 aromatic carbocycles. The largest absolute Gasteiger partial charge is 0.465 e. The number of carbonyl (C=O) groups is 2. The summed E-state index contributed by atoms with van der Waals surface area (Å²) in [6, 6.07) is 4.75. The molecule has 94 valence electrons. The summed E-state index contributed by atoms with van der Waals surface area (Å²) < 4.78 is 9.15. The van der Waals surface area contributed by atoms with Crippen molar-refractivity contribution in [2.75, 3.05) is 14.2 Å². The van der Waals surface area contributed by atoms with E-state index in [-0.39, 0.29) is 0 Å². The third kappa shape index (κ3) is 3.90. The molecule has 0 radical (unpaired) electrons. The second kappa shape index (κ2) is 7.44. The van der Waals surface area contributed by atoms with Crippen LogP contribution in [0, 0.1) is 6.92 Å². The van der Waals surface area contributed by atoms with Gasteiger partial charge in [-0.05, 0) is 24.6 Å². The van der Waals surface area contributed by atoms with Gasteiger partial charge in [0.05, 0.1) is 25.3 Å². The van der Waals surface area contributed by atoms with E-state index in [0.717, 1.165) is 5.56 Å². The molecule has 17 heavy (non-hydrogen) atoms. The van der Waals surface area contributed by atoms with Gasteiger partial charge in [-0.1, -0.05) is 19.9 Å². The highest BCUT2D eigenvalue weighted by Crippen LogP contribution is 2.13. The molecule has 0 aliphatic carbocycles. The Morgan fingerprint density at radius 2 is 1.53 bits per heavy atom. The van der Waals surface area contributed by atoms with Crippen molar-refractivity contribution in [1.82, 2.24) is 0 Å². The summed E-state index contributed by atoms with van der Waals surface area (Å²) in [6.07, 6.45) is 0. The van der Waals surface area contributed by atoms with Crippen molar-refractivity contribution in [2.24, 2.45) is 0 Å². The van der Waals surface area contributed by atoms with E-state index in [2.05, 4.69) is 9.47 Å². The molecule has 0 bridgehead atoms. The maximum absolute atomic E-state index is 11.3. The van der Waals surface area contributed by atoms with Crippen LogP contribution in [0.2, 0.25) is 0 Å². The van der Waals surface area contributed by atoms with E-state index >= 15 is 0 Å². The zero-order chi connectivity index (χ0) is 13.4. The monoisotopic (exact) mass is 238 g/mol. The molecular weight excluding hydrogens is 220 g/mol. The molecule has 0 saturated heterocycles. The molecule has 0 aliphatic rings. The van der Waals surface area contributed by atoms with E-state index in [1.807, 2.05) is 13.8 Å². The fraction of sp³-hybridized carbons (Fsp3) is 0.385. The Hall–Kier alpha value is -1.84. The summed E-state index contributed by atoms with van der Waals surface area (Å²) >= 11 is 0. The summed E-state index contributed by atoms with van der Waals surface area (Å²) in [5.41, 5.74) is 1.47. The standard InChI is InChI=1S/C11H12O4.C2H6/c1-7-4-5-8(10(12)14-2)6-9(7)11(13)15-3;1-2/h4-6H,1-3H3;1-2H3. The van der Waals surface area contributed by atoms with Gasteiger partial charge in [-0.2, -0.15) is 0 Å². The van der Waals surface area contributed by atoms with Gasteiger partial charge in [0.15, 0.2) is 0 Å². The number of benzene rings is 1. The fourth-order valence-electron chi connectivity index (χ4n) is 1.20. The molecule has 4 nitrogen and oxygen atoms in total. The molecule has 1 aromatic rings. The summed E-state index contributed by atoms with van der Waals surface area (Å²) in [5.74, 6) is -0.932. The molecule has 1 rings (SSSR count). The lowest BCUT2D eigenvalue weighted by molar-refractivity contribution is 0.0599. The first-order chi connectivity index (χ1) is 8.10. The second-order valence-corrected chi connectivity index (χ2v) is 3.01. The van der Waals surface area contributed by atoms with E-state index in [9.17, 15) is 9.59 Å². The first-order valence-electron chi connectivity index (χ1n) is 5.37. The lowest BCUT2D eigenvalue weighted by atomic mass is 10.1. The average Bonchev–Trinajstić information content (AvgIpc) is 2.39. The Labute approximate surface area is 102 Å². The lowest BCUT2D eigenvalue weighted by Crippen LogP contribution is -2.07. The topological polar surface area (TPSA) is 52.6 Å². The minimum atomic E-state index is -0.472. The van der Waals surface area contributed by atoms with Crippen molar-refractivity contribution in [2.45, 2.75) is 20.8 Å². The Balaban J connectivity index is 0.00000121. The van der Waals surface area contributed by atoms with Crippen molar-refractivity contribution in [3.63, 3.8) is 0 Å². The maximum Gasteiger partial charge on any atom is 0.338 e. The quantitative estimate of drug-likeness (QED) is 0.743. The minimum Gasteiger partial charge on any atom is -0.465 e. The van der Waals surface area contributed by atoms with Crippen LogP contribution in [-0.2, 0) is 9.47 Å². The third-order valence-electron chi connectivity index (χ3n) is 2.06. The van der Waals surface area contributed by atoms with E-state index < -0.39 is 11.9 Å².